The predicted octanol–water partition coefficient (Wildman–Crippen LogP) is 2.56. The first-order chi connectivity index (χ1) is 11.6. The highest BCUT2D eigenvalue weighted by molar-refractivity contribution is 5.78. The molecule has 0 spiro atoms. The van der Waals surface area contributed by atoms with Crippen molar-refractivity contribution in [3.63, 3.8) is 0 Å². The lowest BCUT2D eigenvalue weighted by atomic mass is 9.94. The van der Waals surface area contributed by atoms with Gasteiger partial charge in [-0.1, -0.05) is 30.3 Å². The Kier molecular flexibility index (Phi) is 5.30. The SMILES string of the molecule is Cc1cc(C2CCCN(C(=O)CN(C)Cc3ccccc3)C2)n[nH]1. The summed E-state index contributed by atoms with van der Waals surface area (Å²) in [6.07, 6.45) is 2.15. The van der Waals surface area contributed by atoms with E-state index in [0.717, 1.165) is 43.9 Å². The molecule has 1 N–H and O–H groups in total. The monoisotopic (exact) mass is 326 g/mol. The smallest absolute Gasteiger partial charge is 0.236 e. The number of carbonyl (C=O) groups is 1. The number of hydrogen-bond acceptors (Lipinski definition) is 3. The molecule has 1 unspecified atom stereocenters. The van der Waals surface area contributed by atoms with Crippen molar-refractivity contribution in [3.8, 4) is 0 Å². The second-order valence-corrected chi connectivity index (χ2v) is 6.81. The number of hydrogen-bond donors (Lipinski definition) is 1. The number of likely N-dealkylation sites (tertiary alicyclic amines) is 1. The first-order valence-electron chi connectivity index (χ1n) is 8.64. The molecule has 0 aliphatic carbocycles. The molecular weight excluding hydrogens is 300 g/mol. The van der Waals surface area contributed by atoms with Crippen LogP contribution in [-0.4, -0.2) is 52.6 Å². The number of amides is 1. The molecule has 128 valence electrons. The highest BCUT2D eigenvalue weighted by atomic mass is 16.2. The van der Waals surface area contributed by atoms with Crippen molar-refractivity contribution in [1.82, 2.24) is 20.0 Å². The summed E-state index contributed by atoms with van der Waals surface area (Å²) in [6, 6.07) is 12.4. The van der Waals surface area contributed by atoms with Crippen molar-refractivity contribution in [2.45, 2.75) is 32.2 Å². The maximum Gasteiger partial charge on any atom is 0.236 e. The molecule has 1 aliphatic heterocycles. The third-order valence-electron chi connectivity index (χ3n) is 4.62. The molecule has 0 bridgehead atoms. The highest BCUT2D eigenvalue weighted by Crippen LogP contribution is 2.26. The molecular formula is C19H26N4O. The van der Waals surface area contributed by atoms with Crippen LogP contribution in [0.3, 0.4) is 0 Å². The van der Waals surface area contributed by atoms with Crippen molar-refractivity contribution in [2.75, 3.05) is 26.7 Å². The van der Waals surface area contributed by atoms with Crippen molar-refractivity contribution in [3.05, 3.63) is 53.3 Å². The summed E-state index contributed by atoms with van der Waals surface area (Å²) < 4.78 is 0. The molecule has 2 heterocycles. The molecule has 0 saturated carbocycles. The van der Waals surface area contributed by atoms with Crippen LogP contribution in [0.25, 0.3) is 0 Å². The minimum atomic E-state index is 0.213. The van der Waals surface area contributed by atoms with Gasteiger partial charge >= 0.3 is 0 Å². The van der Waals surface area contributed by atoms with Gasteiger partial charge in [-0.05, 0) is 38.4 Å². The van der Waals surface area contributed by atoms with Crippen LogP contribution in [0.5, 0.6) is 0 Å². The van der Waals surface area contributed by atoms with Gasteiger partial charge in [-0.25, -0.2) is 0 Å². The van der Waals surface area contributed by atoms with E-state index >= 15 is 0 Å². The second-order valence-electron chi connectivity index (χ2n) is 6.81. The molecule has 5 heteroatoms. The second kappa shape index (κ2) is 7.62. The summed E-state index contributed by atoms with van der Waals surface area (Å²) in [6.45, 7) is 4.91. The van der Waals surface area contributed by atoms with Gasteiger partial charge in [0, 0.05) is 31.2 Å². The Bertz CT molecular complexity index is 667. The van der Waals surface area contributed by atoms with Crippen LogP contribution in [0.15, 0.2) is 36.4 Å². The molecule has 0 radical (unpaired) electrons. The summed E-state index contributed by atoms with van der Waals surface area (Å²) in [7, 11) is 2.00. The molecule has 1 aliphatic rings. The third kappa shape index (κ3) is 4.23. The fraction of sp³-hybridized carbons (Fsp3) is 0.474. The number of benzene rings is 1. The number of aromatic amines is 1. The van der Waals surface area contributed by atoms with Crippen molar-refractivity contribution < 1.29 is 4.79 Å². The predicted molar refractivity (Wildman–Crippen MR) is 94.7 cm³/mol. The number of nitrogens with one attached hydrogen (secondary N) is 1. The number of nitrogens with zero attached hydrogens (tertiary/aromatic N) is 3. The van der Waals surface area contributed by atoms with Gasteiger partial charge in [-0.15, -0.1) is 0 Å². The van der Waals surface area contributed by atoms with E-state index in [1.165, 1.54) is 5.56 Å². The molecule has 2 aromatic rings. The van der Waals surface area contributed by atoms with E-state index in [4.69, 9.17) is 0 Å². The first kappa shape index (κ1) is 16.7. The average molecular weight is 326 g/mol. The van der Waals surface area contributed by atoms with E-state index in [-0.39, 0.29) is 5.91 Å². The molecule has 1 saturated heterocycles. The maximum atomic E-state index is 12.6. The molecule has 1 aromatic carbocycles. The zero-order valence-electron chi connectivity index (χ0n) is 14.5. The summed E-state index contributed by atoms with van der Waals surface area (Å²) in [4.78, 5) is 16.7. The van der Waals surface area contributed by atoms with E-state index in [1.807, 2.05) is 37.1 Å². The Morgan fingerprint density at radius 3 is 2.88 bits per heavy atom. The van der Waals surface area contributed by atoms with Crippen molar-refractivity contribution in [1.29, 1.82) is 0 Å². The van der Waals surface area contributed by atoms with E-state index < -0.39 is 0 Å². The van der Waals surface area contributed by atoms with Crippen LogP contribution in [-0.2, 0) is 11.3 Å². The van der Waals surface area contributed by atoms with Gasteiger partial charge in [0.05, 0.1) is 12.2 Å². The van der Waals surface area contributed by atoms with Crippen molar-refractivity contribution in [2.24, 2.45) is 0 Å². The topological polar surface area (TPSA) is 52.2 Å². The largest absolute Gasteiger partial charge is 0.341 e. The Morgan fingerprint density at radius 2 is 2.17 bits per heavy atom. The number of rotatable bonds is 5. The average Bonchev–Trinajstić information content (AvgIpc) is 3.02. The third-order valence-corrected chi connectivity index (χ3v) is 4.62. The maximum absolute atomic E-state index is 12.6. The molecule has 1 aromatic heterocycles. The molecule has 5 nitrogen and oxygen atoms in total. The summed E-state index contributed by atoms with van der Waals surface area (Å²) in [5.41, 5.74) is 3.40. The van der Waals surface area contributed by atoms with Gasteiger partial charge < -0.3 is 4.90 Å². The zero-order chi connectivity index (χ0) is 16.9. The van der Waals surface area contributed by atoms with Gasteiger partial charge in [0.2, 0.25) is 5.91 Å². The number of aromatic nitrogens is 2. The molecule has 24 heavy (non-hydrogen) atoms. The molecule has 1 fully saturated rings. The first-order valence-corrected chi connectivity index (χ1v) is 8.64. The van der Waals surface area contributed by atoms with Crippen LogP contribution in [0.2, 0.25) is 0 Å². The Morgan fingerprint density at radius 1 is 1.38 bits per heavy atom. The fourth-order valence-corrected chi connectivity index (χ4v) is 3.38. The normalized spacial score (nSPS) is 18.1. The van der Waals surface area contributed by atoms with Crippen LogP contribution in [0, 0.1) is 6.92 Å². The number of H-pyrrole nitrogens is 1. The van der Waals surface area contributed by atoms with Gasteiger partial charge in [-0.3, -0.25) is 14.8 Å². The lowest BCUT2D eigenvalue weighted by Crippen LogP contribution is -2.43. The summed E-state index contributed by atoms with van der Waals surface area (Å²) in [5.74, 6) is 0.567. The lowest BCUT2D eigenvalue weighted by Gasteiger charge is -2.33. The number of carbonyl (C=O) groups excluding carboxylic acids is 1. The van der Waals surface area contributed by atoms with Crippen LogP contribution >= 0.6 is 0 Å². The molecule has 1 atom stereocenters. The number of likely N-dealkylation sites (N-methyl/N-ethyl adjacent to an activating group) is 1. The van der Waals surface area contributed by atoms with Gasteiger partial charge in [0.1, 0.15) is 0 Å². The van der Waals surface area contributed by atoms with Crippen LogP contribution < -0.4 is 0 Å². The van der Waals surface area contributed by atoms with E-state index in [2.05, 4.69) is 33.3 Å². The molecule has 1 amide bonds. The Labute approximate surface area is 143 Å². The van der Waals surface area contributed by atoms with Gasteiger partial charge in [0.25, 0.3) is 0 Å². The van der Waals surface area contributed by atoms with Gasteiger partial charge in [-0.2, -0.15) is 5.10 Å². The number of aryl methyl sites for hydroxylation is 1. The highest BCUT2D eigenvalue weighted by Gasteiger charge is 2.26. The van der Waals surface area contributed by atoms with Gasteiger partial charge in [0.15, 0.2) is 0 Å². The van der Waals surface area contributed by atoms with E-state index in [0.29, 0.717) is 12.5 Å². The minimum absolute atomic E-state index is 0.213. The lowest BCUT2D eigenvalue weighted by molar-refractivity contribution is -0.133. The van der Waals surface area contributed by atoms with Crippen LogP contribution in [0.4, 0.5) is 0 Å². The summed E-state index contributed by atoms with van der Waals surface area (Å²) in [5, 5.41) is 7.38. The molecule has 3 rings (SSSR count). The Balaban J connectivity index is 1.54. The fourth-order valence-electron chi connectivity index (χ4n) is 3.38. The quantitative estimate of drug-likeness (QED) is 0.919. The summed E-state index contributed by atoms with van der Waals surface area (Å²) >= 11 is 0. The number of piperidine rings is 1. The van der Waals surface area contributed by atoms with E-state index in [9.17, 15) is 4.79 Å². The minimum Gasteiger partial charge on any atom is -0.341 e. The van der Waals surface area contributed by atoms with E-state index in [1.54, 1.807) is 0 Å². The van der Waals surface area contributed by atoms with Crippen LogP contribution in [0.1, 0.15) is 35.7 Å². The standard InChI is InChI=1S/C19H26N4O/c1-15-11-18(21-20-15)17-9-6-10-23(13-17)19(24)14-22(2)12-16-7-4-3-5-8-16/h3-5,7-8,11,17H,6,9-10,12-14H2,1-2H3,(H,20,21). The van der Waals surface area contributed by atoms with Crippen molar-refractivity contribution >= 4 is 5.91 Å². The Hall–Kier alpha value is -2.14. The zero-order valence-corrected chi connectivity index (χ0v) is 14.5.